The fraction of sp³-hybridized carbons (Fsp3) is 0. The second kappa shape index (κ2) is 32.9. The second-order valence-corrected chi connectivity index (χ2v) is 37.6. The largest absolute Gasteiger partial charge is 0.455 e. The van der Waals surface area contributed by atoms with Gasteiger partial charge in [-0.3, -0.25) is 13.7 Å². The van der Waals surface area contributed by atoms with Crippen LogP contribution >= 0.6 is 0 Å². The Morgan fingerprint density at radius 3 is 0.938 bits per heavy atom. The number of fused-ring (bicyclic) bond motifs is 35. The molecule has 23 aromatic carbocycles. The van der Waals surface area contributed by atoms with Gasteiger partial charge in [-0.05, 0) is 134 Å². The highest BCUT2D eigenvalue weighted by Crippen LogP contribution is 2.52. The van der Waals surface area contributed by atoms with Crippen LogP contribution in [0.4, 0.5) is 0 Å². The van der Waals surface area contributed by atoms with Gasteiger partial charge in [0.2, 0.25) is 17.8 Å². The van der Waals surface area contributed by atoms with Crippen LogP contribution in [0.1, 0.15) is 0 Å². The van der Waals surface area contributed by atoms with E-state index in [9.17, 15) is 0 Å². The van der Waals surface area contributed by atoms with E-state index >= 15 is 0 Å². The molecule has 0 fully saturated rings. The van der Waals surface area contributed by atoms with Crippen LogP contribution in [0.2, 0.25) is 0 Å². The lowest BCUT2D eigenvalue weighted by atomic mass is 9.96. The minimum atomic E-state index is 0.634. The van der Waals surface area contributed by atoms with Crippen molar-refractivity contribution in [3.63, 3.8) is 0 Å². The number of hydrogen-bond donors (Lipinski definition) is 0. The normalized spacial score (nSPS) is 12.0. The monoisotopic (exact) mass is 1860 g/mol. The maximum absolute atomic E-state index is 6.72. The Labute approximate surface area is 833 Å². The number of aromatic nitrogens is 9. The number of para-hydroxylation sites is 7. The summed E-state index contributed by atoms with van der Waals surface area (Å²) < 4.78 is 26.7. The van der Waals surface area contributed by atoms with Gasteiger partial charge in [0.15, 0.2) is 0 Å². The SMILES string of the molecule is c1ccc(-c2ccc3c(c2)c2oc4ccccc4c2c2c4ccccc4n(-c4nc(-c5ccccc5)c5ccccc5n4)c32)cc1.c1ccc(-c2nc(-n3c4ccccc4c4c5c6ccccc6oc5c5ccccc5c43)nc3cc(-c4ccc5ccccc5c4)ccc23)cc1.c1ccc(-c2nc(-n3c4ccccc4c4c5c6ccccc6oc5c5ccccc5c43)nc3cc(-c4cccc5ccccc45)ccc23)cc1. The second-order valence-electron chi connectivity index (χ2n) is 37.6. The van der Waals surface area contributed by atoms with Crippen molar-refractivity contribution < 1.29 is 13.3 Å². The van der Waals surface area contributed by atoms with Crippen LogP contribution in [0.25, 0.3) is 303 Å². The Morgan fingerprint density at radius 1 is 0.158 bits per heavy atom. The van der Waals surface area contributed by atoms with Gasteiger partial charge in [-0.2, -0.15) is 0 Å². The van der Waals surface area contributed by atoms with E-state index in [0.717, 1.165) is 252 Å². The summed E-state index contributed by atoms with van der Waals surface area (Å²) in [6, 6.07) is 168. The van der Waals surface area contributed by atoms with E-state index in [1.165, 1.54) is 32.7 Å². The molecule has 0 unspecified atom stereocenters. The fourth-order valence-corrected chi connectivity index (χ4v) is 23.1. The van der Waals surface area contributed by atoms with Gasteiger partial charge in [0, 0.05) is 130 Å². The number of furan rings is 3. The van der Waals surface area contributed by atoms with Crippen molar-refractivity contribution in [2.45, 2.75) is 0 Å². The molecule has 0 aliphatic rings. The van der Waals surface area contributed by atoms with Crippen molar-refractivity contribution in [1.29, 1.82) is 0 Å². The fourth-order valence-electron chi connectivity index (χ4n) is 23.1. The van der Waals surface area contributed by atoms with Crippen molar-refractivity contribution in [1.82, 2.24) is 43.6 Å². The van der Waals surface area contributed by atoms with Crippen LogP contribution in [0.3, 0.4) is 0 Å². The Balaban J connectivity index is 0.000000102. The molecule has 9 heterocycles. The first-order valence-corrected chi connectivity index (χ1v) is 49.4. The Hall–Kier alpha value is -19.8. The smallest absolute Gasteiger partial charge is 0.235 e. The maximum Gasteiger partial charge on any atom is 0.235 e. The van der Waals surface area contributed by atoms with Gasteiger partial charge in [-0.25, -0.2) is 29.9 Å². The highest BCUT2D eigenvalue weighted by atomic mass is 16.3. The van der Waals surface area contributed by atoms with Crippen LogP contribution in [0.5, 0.6) is 0 Å². The number of rotatable bonds is 9. The predicted molar refractivity (Wildman–Crippen MR) is 604 cm³/mol. The Bertz CT molecular complexity index is 11100. The lowest BCUT2D eigenvalue weighted by molar-refractivity contribution is 0.672. The summed E-state index contributed by atoms with van der Waals surface area (Å²) in [5.41, 5.74) is 27.2. The molecule has 0 N–H and O–H groups in total. The van der Waals surface area contributed by atoms with Gasteiger partial charge in [-0.15, -0.1) is 0 Å². The summed E-state index contributed by atoms with van der Waals surface area (Å²) in [4.78, 5) is 32.3. The van der Waals surface area contributed by atoms with E-state index in [4.69, 9.17) is 43.2 Å². The van der Waals surface area contributed by atoms with Gasteiger partial charge in [-0.1, -0.05) is 400 Å². The summed E-state index contributed by atoms with van der Waals surface area (Å²) in [5, 5.41) is 27.9. The molecule has 678 valence electrons. The van der Waals surface area contributed by atoms with Crippen LogP contribution < -0.4 is 0 Å². The average molecular weight is 1860 g/mol. The molecule has 0 aliphatic heterocycles. The molecule has 0 saturated heterocycles. The molecule has 0 saturated carbocycles. The molecule has 0 bridgehead atoms. The van der Waals surface area contributed by atoms with Crippen molar-refractivity contribution in [2.24, 2.45) is 0 Å². The summed E-state index contributed by atoms with van der Waals surface area (Å²) in [6.07, 6.45) is 0. The van der Waals surface area contributed by atoms with Gasteiger partial charge in [0.1, 0.15) is 33.5 Å². The van der Waals surface area contributed by atoms with Crippen molar-refractivity contribution in [3.8, 4) is 85.0 Å². The number of nitrogens with zero attached hydrogens (tertiary/aromatic N) is 9. The first-order chi connectivity index (χ1) is 72.4. The van der Waals surface area contributed by atoms with Gasteiger partial charge < -0.3 is 13.3 Å². The van der Waals surface area contributed by atoms with Crippen molar-refractivity contribution in [3.05, 3.63) is 479 Å². The first kappa shape index (κ1) is 82.1. The lowest BCUT2D eigenvalue weighted by Crippen LogP contribution is -2.04. The van der Waals surface area contributed by atoms with Crippen LogP contribution in [0, 0.1) is 0 Å². The van der Waals surface area contributed by atoms with Gasteiger partial charge in [0.25, 0.3) is 0 Å². The molecule has 32 aromatic rings. The zero-order valence-corrected chi connectivity index (χ0v) is 78.4. The molecule has 0 spiro atoms. The third kappa shape index (κ3) is 12.8. The highest BCUT2D eigenvalue weighted by molar-refractivity contribution is 6.39. The third-order valence-electron chi connectivity index (χ3n) is 29.5. The van der Waals surface area contributed by atoms with E-state index in [0.29, 0.717) is 17.8 Å². The van der Waals surface area contributed by atoms with Crippen LogP contribution in [-0.4, -0.2) is 43.6 Å². The average Bonchev–Trinajstić information content (AvgIpc) is 1.54. The molecular weight excluding hydrogens is 1780 g/mol. The minimum absolute atomic E-state index is 0.634. The van der Waals surface area contributed by atoms with E-state index in [-0.39, 0.29) is 0 Å². The topological polar surface area (TPSA) is 132 Å². The first-order valence-electron chi connectivity index (χ1n) is 49.4. The van der Waals surface area contributed by atoms with E-state index < -0.39 is 0 Å². The standard InChI is InChI=1S/2C46H27N3O.C42H25N3O/c1-2-14-29(15-3-1)43-35-26-25-30(32-22-12-16-28-13-4-5-17-31(28)32)27-38(35)47-46(48-43)49-39-23-10-8-20-36(39)41-42-37-21-9-11-24-40(37)50-45(42)34-19-7-6-18-33(34)44(41)49;1-2-13-29(14-3-1)43-35-25-24-32(31-23-22-28-12-4-5-15-30(28)26-31)27-38(35)47-46(48-43)49-39-20-10-8-18-36(39)41-42-37-19-9-11-21-40(37)50-45(42)34-17-7-6-16-33(34)44(41)49;1-3-13-26(14-4-1)28-23-24-29-33(25-28)41-38(32-19-9-12-22-36(32)46-41)37-31-18-8-11-21-35(31)45(40(29)37)42-43-34-20-10-7-17-30(34)39(44-42)27-15-5-2-6-16-27/h2*1-27H;1-25H. The maximum atomic E-state index is 6.72. The lowest BCUT2D eigenvalue weighted by Gasteiger charge is -2.14. The molecule has 12 heteroatoms. The molecule has 9 aromatic heterocycles. The van der Waals surface area contributed by atoms with Crippen molar-refractivity contribution >= 4 is 218 Å². The molecular formula is C134H79N9O3. The van der Waals surface area contributed by atoms with Crippen LogP contribution in [0.15, 0.2) is 492 Å². The predicted octanol–water partition coefficient (Wildman–Crippen LogP) is 35.6. The van der Waals surface area contributed by atoms with Crippen molar-refractivity contribution in [2.75, 3.05) is 0 Å². The van der Waals surface area contributed by atoms with E-state index in [2.05, 4.69) is 450 Å². The zero-order chi connectivity index (χ0) is 95.7. The molecule has 0 atom stereocenters. The number of hydrogen-bond acceptors (Lipinski definition) is 9. The summed E-state index contributed by atoms with van der Waals surface area (Å²) in [6.45, 7) is 0. The molecule has 0 aliphatic carbocycles. The Morgan fingerprint density at radius 2 is 0.466 bits per heavy atom. The number of benzene rings is 23. The van der Waals surface area contributed by atoms with Crippen LogP contribution in [-0.2, 0) is 0 Å². The van der Waals surface area contributed by atoms with E-state index in [1.807, 2.05) is 42.5 Å². The van der Waals surface area contributed by atoms with Gasteiger partial charge in [0.05, 0.1) is 66.7 Å². The summed E-state index contributed by atoms with van der Waals surface area (Å²) in [5.74, 6) is 1.91. The summed E-state index contributed by atoms with van der Waals surface area (Å²) in [7, 11) is 0. The summed E-state index contributed by atoms with van der Waals surface area (Å²) >= 11 is 0. The zero-order valence-electron chi connectivity index (χ0n) is 78.4. The molecule has 12 nitrogen and oxygen atoms in total. The van der Waals surface area contributed by atoms with E-state index in [1.54, 1.807) is 0 Å². The third-order valence-corrected chi connectivity index (χ3v) is 29.5. The minimum Gasteiger partial charge on any atom is -0.455 e. The molecule has 146 heavy (non-hydrogen) atoms. The Kier molecular flexibility index (Phi) is 18.5. The van der Waals surface area contributed by atoms with Gasteiger partial charge >= 0.3 is 0 Å². The molecule has 0 amide bonds. The molecule has 32 rings (SSSR count). The highest BCUT2D eigenvalue weighted by Gasteiger charge is 2.31. The molecule has 0 radical (unpaired) electrons. The quantitative estimate of drug-likeness (QED) is 0.139.